The number of ether oxygens (including phenoxy) is 1. The molecule has 0 saturated carbocycles. The van der Waals surface area contributed by atoms with Crippen molar-refractivity contribution in [3.05, 3.63) is 18.2 Å². The van der Waals surface area contributed by atoms with Crippen molar-refractivity contribution in [2.24, 2.45) is 12.8 Å². The highest BCUT2D eigenvalue weighted by molar-refractivity contribution is 5.70. The van der Waals surface area contributed by atoms with Crippen LogP contribution in [0.4, 0.5) is 0 Å². The van der Waals surface area contributed by atoms with Gasteiger partial charge in [-0.1, -0.05) is 0 Å². The molecule has 0 spiro atoms. The molecule has 1 heterocycles. The summed E-state index contributed by atoms with van der Waals surface area (Å²) in [5.74, 6) is 0.490. The number of nitrogens with two attached hydrogens (primary N) is 1. The molecule has 5 heteroatoms. The zero-order valence-electron chi connectivity index (χ0n) is 8.43. The zero-order valence-corrected chi connectivity index (χ0v) is 8.43. The van der Waals surface area contributed by atoms with Crippen molar-refractivity contribution in [2.45, 2.75) is 12.3 Å². The van der Waals surface area contributed by atoms with Crippen molar-refractivity contribution < 1.29 is 9.53 Å². The van der Waals surface area contributed by atoms with E-state index in [1.165, 1.54) is 7.11 Å². The van der Waals surface area contributed by atoms with E-state index in [1.54, 1.807) is 6.20 Å². The molecule has 0 radical (unpaired) electrons. The first-order valence-electron chi connectivity index (χ1n) is 4.43. The van der Waals surface area contributed by atoms with E-state index in [1.807, 2.05) is 17.8 Å². The second-order valence-electron chi connectivity index (χ2n) is 3.11. The lowest BCUT2D eigenvalue weighted by atomic mass is 10.1. The van der Waals surface area contributed by atoms with Gasteiger partial charge in [-0.05, 0) is 0 Å². The first-order chi connectivity index (χ1) is 6.69. The van der Waals surface area contributed by atoms with Crippen molar-refractivity contribution in [3.8, 4) is 0 Å². The average molecular weight is 197 g/mol. The van der Waals surface area contributed by atoms with Gasteiger partial charge in [0.15, 0.2) is 0 Å². The molecule has 1 rings (SSSR count). The van der Waals surface area contributed by atoms with Gasteiger partial charge in [0.1, 0.15) is 5.82 Å². The van der Waals surface area contributed by atoms with Crippen LogP contribution in [0.3, 0.4) is 0 Å². The molecule has 14 heavy (non-hydrogen) atoms. The molecule has 5 nitrogen and oxygen atoms in total. The number of aromatic nitrogens is 2. The van der Waals surface area contributed by atoms with Gasteiger partial charge in [-0.15, -0.1) is 0 Å². The molecule has 2 N–H and O–H groups in total. The molecule has 0 aliphatic heterocycles. The second kappa shape index (κ2) is 4.76. The van der Waals surface area contributed by atoms with E-state index >= 15 is 0 Å². The predicted octanol–water partition coefficient (Wildman–Crippen LogP) is 0.0255. The molecule has 1 atom stereocenters. The van der Waals surface area contributed by atoms with Gasteiger partial charge in [0, 0.05) is 31.9 Å². The number of aryl methyl sites for hydroxylation is 1. The van der Waals surface area contributed by atoms with Gasteiger partial charge in [-0.3, -0.25) is 4.79 Å². The number of methoxy groups -OCH3 is 1. The smallest absolute Gasteiger partial charge is 0.306 e. The number of hydrogen-bond donors (Lipinski definition) is 1. The Balaban J connectivity index is 2.72. The Hall–Kier alpha value is -1.36. The monoisotopic (exact) mass is 197 g/mol. The molecule has 1 aromatic heterocycles. The minimum atomic E-state index is -0.261. The van der Waals surface area contributed by atoms with Gasteiger partial charge in [0.2, 0.25) is 0 Å². The Bertz CT molecular complexity index is 309. The fourth-order valence-corrected chi connectivity index (χ4v) is 1.34. The number of nitrogens with zero attached hydrogens (tertiary/aromatic N) is 2. The Morgan fingerprint density at radius 3 is 2.93 bits per heavy atom. The van der Waals surface area contributed by atoms with E-state index in [0.717, 1.165) is 5.82 Å². The van der Waals surface area contributed by atoms with E-state index in [4.69, 9.17) is 5.73 Å². The molecule has 78 valence electrons. The van der Waals surface area contributed by atoms with Crippen molar-refractivity contribution in [3.63, 3.8) is 0 Å². The maximum Gasteiger partial charge on any atom is 0.306 e. The number of imidazole rings is 1. The van der Waals surface area contributed by atoms with Gasteiger partial charge < -0.3 is 15.0 Å². The lowest BCUT2D eigenvalue weighted by molar-refractivity contribution is -0.141. The number of hydrogen-bond acceptors (Lipinski definition) is 4. The lowest BCUT2D eigenvalue weighted by Crippen LogP contribution is -2.20. The molecule has 0 fully saturated rings. The highest BCUT2D eigenvalue weighted by Crippen LogP contribution is 2.16. The molecule has 0 amide bonds. The molecule has 1 aromatic rings. The molecule has 0 aliphatic rings. The second-order valence-corrected chi connectivity index (χ2v) is 3.11. The molecular formula is C9H15N3O2. The van der Waals surface area contributed by atoms with Gasteiger partial charge in [0.25, 0.3) is 0 Å². The summed E-state index contributed by atoms with van der Waals surface area (Å²) in [6, 6.07) is 0. The van der Waals surface area contributed by atoms with Crippen LogP contribution in [0.25, 0.3) is 0 Å². The van der Waals surface area contributed by atoms with Crippen LogP contribution in [0.1, 0.15) is 18.2 Å². The molecule has 0 aliphatic carbocycles. The summed E-state index contributed by atoms with van der Waals surface area (Å²) >= 11 is 0. The van der Waals surface area contributed by atoms with Crippen LogP contribution in [0, 0.1) is 0 Å². The normalized spacial score (nSPS) is 12.5. The van der Waals surface area contributed by atoms with Gasteiger partial charge >= 0.3 is 5.97 Å². The predicted molar refractivity (Wildman–Crippen MR) is 51.6 cm³/mol. The SMILES string of the molecule is COC(=O)CC(CN)c1nccn1C. The quantitative estimate of drug-likeness (QED) is 0.691. The van der Waals surface area contributed by atoms with E-state index in [9.17, 15) is 4.79 Å². The topological polar surface area (TPSA) is 70.1 Å². The van der Waals surface area contributed by atoms with Crippen molar-refractivity contribution in [1.29, 1.82) is 0 Å². The third-order valence-electron chi connectivity index (χ3n) is 2.15. The van der Waals surface area contributed by atoms with Crippen LogP contribution in [0.5, 0.6) is 0 Å². The summed E-state index contributed by atoms with van der Waals surface area (Å²) in [5.41, 5.74) is 5.57. The summed E-state index contributed by atoms with van der Waals surface area (Å²) in [7, 11) is 3.25. The summed E-state index contributed by atoms with van der Waals surface area (Å²) in [6.07, 6.45) is 3.79. The van der Waals surface area contributed by atoms with E-state index in [0.29, 0.717) is 6.54 Å². The van der Waals surface area contributed by atoms with E-state index < -0.39 is 0 Å². The Morgan fingerprint density at radius 1 is 1.79 bits per heavy atom. The van der Waals surface area contributed by atoms with Crippen molar-refractivity contribution in [2.75, 3.05) is 13.7 Å². The molecule has 1 unspecified atom stereocenters. The number of rotatable bonds is 4. The molecular weight excluding hydrogens is 182 g/mol. The Kier molecular flexibility index (Phi) is 3.64. The number of esters is 1. The maximum atomic E-state index is 11.1. The largest absolute Gasteiger partial charge is 0.469 e. The highest BCUT2D eigenvalue weighted by atomic mass is 16.5. The van der Waals surface area contributed by atoms with E-state index in [-0.39, 0.29) is 18.3 Å². The van der Waals surface area contributed by atoms with Crippen LogP contribution in [-0.2, 0) is 16.6 Å². The molecule has 0 bridgehead atoms. The summed E-state index contributed by atoms with van der Waals surface area (Å²) in [4.78, 5) is 15.2. The van der Waals surface area contributed by atoms with Gasteiger partial charge in [-0.2, -0.15) is 0 Å². The standard InChI is InChI=1S/C9H15N3O2/c1-12-4-3-11-9(12)7(6-10)5-8(13)14-2/h3-4,7H,5-6,10H2,1-2H3. The average Bonchev–Trinajstić information content (AvgIpc) is 2.60. The van der Waals surface area contributed by atoms with E-state index in [2.05, 4.69) is 9.72 Å². The van der Waals surface area contributed by atoms with Gasteiger partial charge in [-0.25, -0.2) is 4.98 Å². The van der Waals surface area contributed by atoms with Crippen LogP contribution in [-0.4, -0.2) is 29.2 Å². The first kappa shape index (κ1) is 10.7. The third-order valence-corrected chi connectivity index (χ3v) is 2.15. The van der Waals surface area contributed by atoms with Crippen molar-refractivity contribution in [1.82, 2.24) is 9.55 Å². The third kappa shape index (κ3) is 2.32. The number of carbonyl (C=O) groups excluding carboxylic acids is 1. The van der Waals surface area contributed by atoms with Crippen LogP contribution >= 0.6 is 0 Å². The minimum absolute atomic E-state index is 0.0672. The summed E-state index contributed by atoms with van der Waals surface area (Å²) in [6.45, 7) is 0.389. The lowest BCUT2D eigenvalue weighted by Gasteiger charge is -2.12. The fraction of sp³-hybridized carbons (Fsp3) is 0.556. The fourth-order valence-electron chi connectivity index (χ4n) is 1.34. The summed E-state index contributed by atoms with van der Waals surface area (Å²) in [5, 5.41) is 0. The van der Waals surface area contributed by atoms with Gasteiger partial charge in [0.05, 0.1) is 13.5 Å². The van der Waals surface area contributed by atoms with Crippen molar-refractivity contribution >= 4 is 5.97 Å². The number of carbonyl (C=O) groups is 1. The van der Waals surface area contributed by atoms with Crippen LogP contribution in [0.2, 0.25) is 0 Å². The summed E-state index contributed by atoms with van der Waals surface area (Å²) < 4.78 is 6.45. The van der Waals surface area contributed by atoms with Crippen LogP contribution in [0.15, 0.2) is 12.4 Å². The Morgan fingerprint density at radius 2 is 2.50 bits per heavy atom. The minimum Gasteiger partial charge on any atom is -0.469 e. The Labute approximate surface area is 82.9 Å². The van der Waals surface area contributed by atoms with Crippen LogP contribution < -0.4 is 5.73 Å². The molecule has 0 aromatic carbocycles. The zero-order chi connectivity index (χ0) is 10.6. The maximum absolute atomic E-state index is 11.1. The first-order valence-corrected chi connectivity index (χ1v) is 4.43. The molecule has 0 saturated heterocycles. The highest BCUT2D eigenvalue weighted by Gasteiger charge is 2.18.